The number of nitriles is 1. The number of benzene rings is 1. The van der Waals surface area contributed by atoms with Crippen LogP contribution in [0.25, 0.3) is 10.2 Å². The Kier molecular flexibility index (Phi) is 3.37. The number of hydrogen-bond acceptors (Lipinski definition) is 4. The second kappa shape index (κ2) is 4.95. The molecular formula is C12H13N3S. The summed E-state index contributed by atoms with van der Waals surface area (Å²) in [6.07, 6.45) is 0.545. The minimum absolute atomic E-state index is 0.545. The Morgan fingerprint density at radius 1 is 1.44 bits per heavy atom. The summed E-state index contributed by atoms with van der Waals surface area (Å²) in [4.78, 5) is 6.72. The van der Waals surface area contributed by atoms with E-state index in [0.717, 1.165) is 23.7 Å². The first-order valence-corrected chi connectivity index (χ1v) is 6.14. The molecule has 0 aliphatic rings. The van der Waals surface area contributed by atoms with Gasteiger partial charge >= 0.3 is 0 Å². The molecule has 3 nitrogen and oxygen atoms in total. The highest BCUT2D eigenvalue weighted by Gasteiger charge is 2.09. The number of aromatic nitrogens is 1. The van der Waals surface area contributed by atoms with Crippen molar-refractivity contribution in [3.05, 3.63) is 24.3 Å². The predicted octanol–water partition coefficient (Wildman–Crippen LogP) is 3.04. The molecule has 2 rings (SSSR count). The van der Waals surface area contributed by atoms with Crippen molar-refractivity contribution in [2.45, 2.75) is 13.3 Å². The summed E-state index contributed by atoms with van der Waals surface area (Å²) in [5, 5.41) is 9.62. The van der Waals surface area contributed by atoms with Crippen molar-refractivity contribution in [2.75, 3.05) is 18.0 Å². The Labute approximate surface area is 99.0 Å². The summed E-state index contributed by atoms with van der Waals surface area (Å²) in [7, 11) is 0. The first-order valence-electron chi connectivity index (χ1n) is 5.32. The van der Waals surface area contributed by atoms with Crippen molar-refractivity contribution >= 4 is 26.7 Å². The minimum atomic E-state index is 0.545. The van der Waals surface area contributed by atoms with Crippen molar-refractivity contribution < 1.29 is 0 Å². The largest absolute Gasteiger partial charge is 0.347 e. The normalized spacial score (nSPS) is 10.2. The smallest absolute Gasteiger partial charge is 0.186 e. The van der Waals surface area contributed by atoms with E-state index in [2.05, 4.69) is 28.9 Å². The molecule has 0 unspecified atom stereocenters. The predicted molar refractivity (Wildman–Crippen MR) is 67.7 cm³/mol. The molecule has 0 fully saturated rings. The fourth-order valence-corrected chi connectivity index (χ4v) is 2.62. The molecule has 1 aromatic carbocycles. The van der Waals surface area contributed by atoms with Crippen LogP contribution in [0.5, 0.6) is 0 Å². The average molecular weight is 231 g/mol. The van der Waals surface area contributed by atoms with E-state index >= 15 is 0 Å². The first-order chi connectivity index (χ1) is 7.85. The quantitative estimate of drug-likeness (QED) is 0.812. The maximum atomic E-state index is 8.60. The van der Waals surface area contributed by atoms with E-state index in [0.29, 0.717) is 6.42 Å². The van der Waals surface area contributed by atoms with Crippen LogP contribution in [0.15, 0.2) is 24.3 Å². The molecule has 1 aromatic heterocycles. The molecule has 0 spiro atoms. The molecule has 0 bridgehead atoms. The molecule has 16 heavy (non-hydrogen) atoms. The summed E-state index contributed by atoms with van der Waals surface area (Å²) in [6.45, 7) is 3.73. The van der Waals surface area contributed by atoms with E-state index in [1.54, 1.807) is 11.3 Å². The number of hydrogen-bond donors (Lipinski definition) is 0. The van der Waals surface area contributed by atoms with Crippen LogP contribution < -0.4 is 4.90 Å². The maximum Gasteiger partial charge on any atom is 0.186 e. The van der Waals surface area contributed by atoms with Crippen molar-refractivity contribution in [2.24, 2.45) is 0 Å². The highest BCUT2D eigenvalue weighted by Crippen LogP contribution is 2.28. The topological polar surface area (TPSA) is 39.9 Å². The molecule has 0 N–H and O–H groups in total. The number of nitrogens with zero attached hydrogens (tertiary/aromatic N) is 3. The fourth-order valence-electron chi connectivity index (χ4n) is 1.57. The summed E-state index contributed by atoms with van der Waals surface area (Å²) in [5.74, 6) is 0. The van der Waals surface area contributed by atoms with Gasteiger partial charge in [0.25, 0.3) is 0 Å². The van der Waals surface area contributed by atoms with Gasteiger partial charge in [-0.3, -0.25) is 0 Å². The Morgan fingerprint density at radius 2 is 2.25 bits per heavy atom. The van der Waals surface area contributed by atoms with E-state index < -0.39 is 0 Å². The zero-order chi connectivity index (χ0) is 11.4. The molecule has 0 aliphatic heterocycles. The molecule has 0 aliphatic carbocycles. The molecule has 1 heterocycles. The third-order valence-electron chi connectivity index (χ3n) is 2.43. The Balaban J connectivity index is 2.27. The zero-order valence-electron chi connectivity index (χ0n) is 9.18. The molecule has 4 heteroatoms. The highest BCUT2D eigenvalue weighted by molar-refractivity contribution is 7.22. The van der Waals surface area contributed by atoms with E-state index in [1.165, 1.54) is 4.70 Å². The molecular weight excluding hydrogens is 218 g/mol. The fraction of sp³-hybridized carbons (Fsp3) is 0.333. The van der Waals surface area contributed by atoms with E-state index in [1.807, 2.05) is 18.2 Å². The second-order valence-corrected chi connectivity index (χ2v) is 4.46. The summed E-state index contributed by atoms with van der Waals surface area (Å²) in [6, 6.07) is 10.3. The SMILES string of the molecule is CCN(CCC#N)c1nc2ccccc2s1. The Bertz CT molecular complexity index is 479. The maximum absolute atomic E-state index is 8.60. The van der Waals surface area contributed by atoms with Gasteiger partial charge in [0, 0.05) is 13.1 Å². The van der Waals surface area contributed by atoms with Gasteiger partial charge in [-0.05, 0) is 19.1 Å². The number of para-hydroxylation sites is 1. The van der Waals surface area contributed by atoms with Gasteiger partial charge in [-0.1, -0.05) is 23.5 Å². The van der Waals surface area contributed by atoms with E-state index in [-0.39, 0.29) is 0 Å². The lowest BCUT2D eigenvalue weighted by atomic mass is 10.3. The van der Waals surface area contributed by atoms with Gasteiger partial charge in [-0.25, -0.2) is 4.98 Å². The van der Waals surface area contributed by atoms with Crippen LogP contribution in [-0.4, -0.2) is 18.1 Å². The lowest BCUT2D eigenvalue weighted by Crippen LogP contribution is -2.23. The third-order valence-corrected chi connectivity index (χ3v) is 3.53. The zero-order valence-corrected chi connectivity index (χ0v) is 10.00. The lowest BCUT2D eigenvalue weighted by Gasteiger charge is -2.17. The molecule has 0 saturated carbocycles. The lowest BCUT2D eigenvalue weighted by molar-refractivity contribution is 0.824. The van der Waals surface area contributed by atoms with Crippen LogP contribution in [0.3, 0.4) is 0 Å². The molecule has 82 valence electrons. The van der Waals surface area contributed by atoms with Crippen LogP contribution in [0.1, 0.15) is 13.3 Å². The van der Waals surface area contributed by atoms with Gasteiger partial charge in [-0.15, -0.1) is 0 Å². The standard InChI is InChI=1S/C12H13N3S/c1-2-15(9-5-8-13)12-14-10-6-3-4-7-11(10)16-12/h3-4,6-7H,2,5,9H2,1H3. The van der Waals surface area contributed by atoms with E-state index in [9.17, 15) is 0 Å². The van der Waals surface area contributed by atoms with Crippen molar-refractivity contribution in [3.8, 4) is 6.07 Å². The average Bonchev–Trinajstić information content (AvgIpc) is 2.73. The molecule has 2 aromatic rings. The van der Waals surface area contributed by atoms with Gasteiger partial charge in [0.15, 0.2) is 5.13 Å². The number of thiazole rings is 1. The third kappa shape index (κ3) is 2.15. The Morgan fingerprint density at radius 3 is 2.94 bits per heavy atom. The summed E-state index contributed by atoms with van der Waals surface area (Å²) >= 11 is 1.69. The number of rotatable bonds is 4. The van der Waals surface area contributed by atoms with Gasteiger partial charge in [0.2, 0.25) is 0 Å². The molecule has 0 atom stereocenters. The second-order valence-electron chi connectivity index (χ2n) is 3.45. The van der Waals surface area contributed by atoms with Crippen LogP contribution in [0.2, 0.25) is 0 Å². The van der Waals surface area contributed by atoms with Gasteiger partial charge in [0.05, 0.1) is 22.7 Å². The van der Waals surface area contributed by atoms with Crippen LogP contribution in [-0.2, 0) is 0 Å². The van der Waals surface area contributed by atoms with Crippen LogP contribution in [0.4, 0.5) is 5.13 Å². The van der Waals surface area contributed by atoms with Gasteiger partial charge in [-0.2, -0.15) is 5.26 Å². The highest BCUT2D eigenvalue weighted by atomic mass is 32.1. The molecule has 0 amide bonds. The van der Waals surface area contributed by atoms with Crippen molar-refractivity contribution in [1.82, 2.24) is 4.98 Å². The van der Waals surface area contributed by atoms with E-state index in [4.69, 9.17) is 5.26 Å². The number of fused-ring (bicyclic) bond motifs is 1. The summed E-state index contributed by atoms with van der Waals surface area (Å²) in [5.41, 5.74) is 1.04. The van der Waals surface area contributed by atoms with Crippen LogP contribution >= 0.6 is 11.3 Å². The summed E-state index contributed by atoms with van der Waals surface area (Å²) < 4.78 is 1.20. The molecule has 0 radical (unpaired) electrons. The monoisotopic (exact) mass is 231 g/mol. The molecule has 0 saturated heterocycles. The van der Waals surface area contributed by atoms with Crippen LogP contribution in [0, 0.1) is 11.3 Å². The van der Waals surface area contributed by atoms with Crippen molar-refractivity contribution in [3.63, 3.8) is 0 Å². The minimum Gasteiger partial charge on any atom is -0.347 e. The number of anilines is 1. The van der Waals surface area contributed by atoms with Gasteiger partial charge < -0.3 is 4.90 Å². The first kappa shape index (κ1) is 10.9. The van der Waals surface area contributed by atoms with Gasteiger partial charge in [0.1, 0.15) is 0 Å². The van der Waals surface area contributed by atoms with Crippen molar-refractivity contribution in [1.29, 1.82) is 5.26 Å². The Hall–Kier alpha value is -1.60.